The number of rotatable bonds is 3. The maximum atomic E-state index is 11.8. The van der Waals surface area contributed by atoms with Crippen LogP contribution in [0.15, 0.2) is 42.5 Å². The molecule has 0 aliphatic heterocycles. The number of carbonyl (C=O) groups is 2. The van der Waals surface area contributed by atoms with Crippen LogP contribution in [0.1, 0.15) is 15.9 Å². The van der Waals surface area contributed by atoms with Gasteiger partial charge in [-0.25, -0.2) is 4.79 Å². The molecule has 0 fully saturated rings. The molecule has 0 saturated carbocycles. The number of carbonyl (C=O) groups excluding carboxylic acids is 2. The number of urea groups is 1. The largest absolute Gasteiger partial charge is 0.355 e. The van der Waals surface area contributed by atoms with Gasteiger partial charge < -0.3 is 16.0 Å². The third-order valence-electron chi connectivity index (χ3n) is 3.14. The van der Waals surface area contributed by atoms with E-state index in [1.165, 1.54) is 0 Å². The molecule has 0 heterocycles. The fraction of sp³-hybridized carbons (Fsp3) is 0.111. The van der Waals surface area contributed by atoms with Crippen LogP contribution in [0.3, 0.4) is 0 Å². The SMILES string of the molecule is CNC(=O)c1ccccc1C#CCNC(=O)Nc1ccc(Cl)c(Cl)c1. The van der Waals surface area contributed by atoms with Crippen LogP contribution in [-0.2, 0) is 0 Å². The Kier molecular flexibility index (Phi) is 6.70. The van der Waals surface area contributed by atoms with Crippen molar-refractivity contribution in [3.8, 4) is 11.8 Å². The molecule has 128 valence electrons. The Balaban J connectivity index is 1.93. The first-order valence-electron chi connectivity index (χ1n) is 7.31. The van der Waals surface area contributed by atoms with Crippen molar-refractivity contribution in [3.05, 3.63) is 63.6 Å². The lowest BCUT2D eigenvalue weighted by Crippen LogP contribution is -2.28. The molecular weight excluding hydrogens is 361 g/mol. The number of hydrogen-bond acceptors (Lipinski definition) is 2. The summed E-state index contributed by atoms with van der Waals surface area (Å²) in [7, 11) is 1.56. The number of halogens is 2. The molecule has 0 spiro atoms. The number of nitrogens with one attached hydrogen (secondary N) is 3. The van der Waals surface area contributed by atoms with Crippen LogP contribution >= 0.6 is 23.2 Å². The highest BCUT2D eigenvalue weighted by Gasteiger charge is 2.06. The van der Waals surface area contributed by atoms with Crippen LogP contribution in [-0.4, -0.2) is 25.5 Å². The maximum absolute atomic E-state index is 11.8. The molecule has 5 nitrogen and oxygen atoms in total. The molecule has 0 radical (unpaired) electrons. The first-order valence-corrected chi connectivity index (χ1v) is 8.06. The highest BCUT2D eigenvalue weighted by Crippen LogP contribution is 2.24. The fourth-order valence-corrected chi connectivity index (χ4v) is 2.24. The molecule has 2 aromatic carbocycles. The van der Waals surface area contributed by atoms with Crippen LogP contribution in [0, 0.1) is 11.8 Å². The minimum absolute atomic E-state index is 0.120. The minimum Gasteiger partial charge on any atom is -0.355 e. The summed E-state index contributed by atoms with van der Waals surface area (Å²) in [6.45, 7) is 0.120. The Hall–Kier alpha value is -2.68. The molecule has 7 heteroatoms. The summed E-state index contributed by atoms with van der Waals surface area (Å²) >= 11 is 11.7. The average molecular weight is 376 g/mol. The molecule has 0 unspecified atom stereocenters. The molecule has 0 atom stereocenters. The Bertz CT molecular complexity index is 857. The van der Waals surface area contributed by atoms with Gasteiger partial charge in [-0.15, -0.1) is 0 Å². The molecule has 0 aliphatic carbocycles. The molecular formula is C18H15Cl2N3O2. The van der Waals surface area contributed by atoms with E-state index in [2.05, 4.69) is 27.8 Å². The Morgan fingerprint density at radius 3 is 2.56 bits per heavy atom. The van der Waals surface area contributed by atoms with Gasteiger partial charge in [-0.3, -0.25) is 4.79 Å². The van der Waals surface area contributed by atoms with Crippen LogP contribution in [0.25, 0.3) is 0 Å². The molecule has 0 saturated heterocycles. The zero-order valence-electron chi connectivity index (χ0n) is 13.3. The molecule has 2 rings (SSSR count). The van der Waals surface area contributed by atoms with Crippen molar-refractivity contribution in [2.75, 3.05) is 18.9 Å². The quantitative estimate of drug-likeness (QED) is 0.718. The van der Waals surface area contributed by atoms with Gasteiger partial charge in [0.05, 0.1) is 22.2 Å². The lowest BCUT2D eigenvalue weighted by molar-refractivity contribution is 0.0963. The third-order valence-corrected chi connectivity index (χ3v) is 3.88. The van der Waals surface area contributed by atoms with E-state index < -0.39 is 6.03 Å². The first kappa shape index (κ1) is 18.7. The topological polar surface area (TPSA) is 70.2 Å². The van der Waals surface area contributed by atoms with Gasteiger partial charge in [-0.05, 0) is 30.3 Å². The van der Waals surface area contributed by atoms with E-state index in [1.54, 1.807) is 49.5 Å². The first-order chi connectivity index (χ1) is 12.0. The predicted octanol–water partition coefficient (Wildman–Crippen LogP) is 3.53. The van der Waals surface area contributed by atoms with Crippen molar-refractivity contribution in [1.82, 2.24) is 10.6 Å². The molecule has 3 N–H and O–H groups in total. The molecule has 0 bridgehead atoms. The maximum Gasteiger partial charge on any atom is 0.319 e. The number of benzene rings is 2. The second-order valence-electron chi connectivity index (χ2n) is 4.86. The Morgan fingerprint density at radius 2 is 1.84 bits per heavy atom. The summed E-state index contributed by atoms with van der Waals surface area (Å²) in [6.07, 6.45) is 0. The van der Waals surface area contributed by atoms with Crippen molar-refractivity contribution in [2.45, 2.75) is 0 Å². The van der Waals surface area contributed by atoms with Crippen molar-refractivity contribution in [2.24, 2.45) is 0 Å². The van der Waals surface area contributed by atoms with E-state index in [9.17, 15) is 9.59 Å². The minimum atomic E-state index is -0.424. The molecule has 3 amide bonds. The molecule has 0 aliphatic rings. The van der Waals surface area contributed by atoms with Gasteiger partial charge in [-0.2, -0.15) is 0 Å². The number of anilines is 1. The average Bonchev–Trinajstić information content (AvgIpc) is 2.61. The van der Waals surface area contributed by atoms with Gasteiger partial charge in [0.1, 0.15) is 0 Å². The summed E-state index contributed by atoms with van der Waals surface area (Å²) in [5.41, 5.74) is 1.59. The monoisotopic (exact) mass is 375 g/mol. The van der Waals surface area contributed by atoms with Crippen LogP contribution in [0.2, 0.25) is 10.0 Å². The second-order valence-corrected chi connectivity index (χ2v) is 5.68. The number of amides is 3. The van der Waals surface area contributed by atoms with Gasteiger partial charge in [0, 0.05) is 18.3 Å². The van der Waals surface area contributed by atoms with Gasteiger partial charge in [0.15, 0.2) is 0 Å². The zero-order chi connectivity index (χ0) is 18.2. The van der Waals surface area contributed by atoms with Crippen molar-refractivity contribution >= 4 is 40.8 Å². The summed E-state index contributed by atoms with van der Waals surface area (Å²) in [4.78, 5) is 23.6. The van der Waals surface area contributed by atoms with Crippen molar-refractivity contribution < 1.29 is 9.59 Å². The second kappa shape index (κ2) is 8.97. The van der Waals surface area contributed by atoms with Gasteiger partial charge >= 0.3 is 6.03 Å². The molecule has 0 aromatic heterocycles. The predicted molar refractivity (Wildman–Crippen MR) is 100 cm³/mol. The van der Waals surface area contributed by atoms with Crippen LogP contribution in [0.4, 0.5) is 10.5 Å². The van der Waals surface area contributed by atoms with Gasteiger partial charge in [0.2, 0.25) is 0 Å². The lowest BCUT2D eigenvalue weighted by Gasteiger charge is -2.06. The van der Waals surface area contributed by atoms with E-state index in [4.69, 9.17) is 23.2 Å². The van der Waals surface area contributed by atoms with Gasteiger partial charge in [0.25, 0.3) is 5.91 Å². The fourth-order valence-electron chi connectivity index (χ4n) is 1.94. The smallest absolute Gasteiger partial charge is 0.319 e. The van der Waals surface area contributed by atoms with Crippen LogP contribution < -0.4 is 16.0 Å². The summed E-state index contributed by atoms with van der Waals surface area (Å²) in [5.74, 6) is 5.47. The summed E-state index contributed by atoms with van der Waals surface area (Å²) in [5, 5.41) is 8.54. The Morgan fingerprint density at radius 1 is 1.08 bits per heavy atom. The van der Waals surface area contributed by atoms with Crippen LogP contribution in [0.5, 0.6) is 0 Å². The lowest BCUT2D eigenvalue weighted by atomic mass is 10.1. The Labute approximate surface area is 155 Å². The summed E-state index contributed by atoms with van der Waals surface area (Å²) < 4.78 is 0. The van der Waals surface area contributed by atoms with E-state index >= 15 is 0 Å². The van der Waals surface area contributed by atoms with Crippen molar-refractivity contribution in [1.29, 1.82) is 0 Å². The van der Waals surface area contributed by atoms with E-state index in [0.717, 1.165) is 0 Å². The van der Waals surface area contributed by atoms with Crippen molar-refractivity contribution in [3.63, 3.8) is 0 Å². The normalized spacial score (nSPS) is 9.56. The van der Waals surface area contributed by atoms with Gasteiger partial charge in [-0.1, -0.05) is 47.2 Å². The summed E-state index contributed by atoms with van der Waals surface area (Å²) in [6, 6.07) is 11.3. The third kappa shape index (κ3) is 5.42. The highest BCUT2D eigenvalue weighted by molar-refractivity contribution is 6.42. The highest BCUT2D eigenvalue weighted by atomic mass is 35.5. The number of hydrogen-bond donors (Lipinski definition) is 3. The standard InChI is InChI=1S/C18H15Cl2N3O2/c1-21-17(24)14-7-3-2-5-12(14)6-4-10-22-18(25)23-13-8-9-15(19)16(20)11-13/h2-3,5,7-9,11H,10H2,1H3,(H,21,24)(H2,22,23,25). The zero-order valence-corrected chi connectivity index (χ0v) is 14.8. The molecule has 25 heavy (non-hydrogen) atoms. The molecule has 2 aromatic rings. The van der Waals surface area contributed by atoms with E-state index in [1.807, 2.05) is 0 Å². The van der Waals surface area contributed by atoms with E-state index in [0.29, 0.717) is 26.9 Å². The van der Waals surface area contributed by atoms with E-state index in [-0.39, 0.29) is 12.5 Å².